The van der Waals surface area contributed by atoms with Gasteiger partial charge in [-0.05, 0) is 23.8 Å². The number of amides is 2. The molecule has 0 fully saturated rings. The van der Waals surface area contributed by atoms with Gasteiger partial charge in [-0.2, -0.15) is 5.10 Å². The Hall–Kier alpha value is -4.21. The number of carbonyl (C=O) groups excluding carboxylic acids is 2. The van der Waals surface area contributed by atoms with Crippen LogP contribution in [0.2, 0.25) is 0 Å². The predicted octanol–water partition coefficient (Wildman–Crippen LogP) is 2.99. The van der Waals surface area contributed by atoms with Gasteiger partial charge >= 0.3 is 0 Å². The molecule has 152 valence electrons. The zero-order valence-electron chi connectivity index (χ0n) is 15.9. The summed E-state index contributed by atoms with van der Waals surface area (Å²) in [7, 11) is 1.56. The number of rotatable bonds is 6. The minimum atomic E-state index is -0.859. The molecular weight excluding hydrogens is 390 g/mol. The van der Waals surface area contributed by atoms with E-state index in [4.69, 9.17) is 4.74 Å². The van der Waals surface area contributed by atoms with E-state index in [9.17, 15) is 19.7 Å². The Morgan fingerprint density at radius 1 is 1.30 bits per heavy atom. The number of nitrogens with zero attached hydrogens (tertiary/aromatic N) is 3. The fourth-order valence-electron chi connectivity index (χ4n) is 3.33. The number of hydrogen-bond donors (Lipinski definition) is 2. The standard InChI is InChI=1S/C20H17N5O5/c1-30-13-6-4-5-12(9-13)14-11-21-24-17(20(27)23-19(14)24)10-18(26)22-15-7-2-3-8-16(15)25(28)29/h2-9,11,17H,10H2,1H3,(H,22,26)(H,23,27). The molecule has 10 nitrogen and oxygen atoms in total. The number of carbonyl (C=O) groups is 2. The molecule has 0 spiro atoms. The molecule has 0 saturated heterocycles. The lowest BCUT2D eigenvalue weighted by molar-refractivity contribution is -0.383. The lowest BCUT2D eigenvalue weighted by Gasteiger charge is -2.10. The van der Waals surface area contributed by atoms with Crippen LogP contribution in [0.3, 0.4) is 0 Å². The van der Waals surface area contributed by atoms with Gasteiger partial charge in [0, 0.05) is 11.6 Å². The minimum Gasteiger partial charge on any atom is -0.497 e. The number of aromatic nitrogens is 2. The topological polar surface area (TPSA) is 128 Å². The van der Waals surface area contributed by atoms with E-state index in [0.29, 0.717) is 17.1 Å². The van der Waals surface area contributed by atoms with E-state index in [1.807, 2.05) is 24.3 Å². The zero-order chi connectivity index (χ0) is 21.3. The number of nitro groups is 1. The number of nitrogens with one attached hydrogen (secondary N) is 2. The molecule has 0 radical (unpaired) electrons. The highest BCUT2D eigenvalue weighted by atomic mass is 16.6. The van der Waals surface area contributed by atoms with Gasteiger partial charge in [-0.25, -0.2) is 4.68 Å². The van der Waals surface area contributed by atoms with Gasteiger partial charge in [0.15, 0.2) is 0 Å². The highest BCUT2D eigenvalue weighted by Gasteiger charge is 2.35. The third-order valence-electron chi connectivity index (χ3n) is 4.77. The van der Waals surface area contributed by atoms with Crippen molar-refractivity contribution in [2.45, 2.75) is 12.5 Å². The molecule has 1 aliphatic rings. The second kappa shape index (κ2) is 7.66. The largest absolute Gasteiger partial charge is 0.497 e. The minimum absolute atomic E-state index is 0.0728. The summed E-state index contributed by atoms with van der Waals surface area (Å²) in [6.07, 6.45) is 1.39. The van der Waals surface area contributed by atoms with Crippen LogP contribution in [0.4, 0.5) is 17.2 Å². The summed E-state index contributed by atoms with van der Waals surface area (Å²) in [5.41, 5.74) is 1.36. The van der Waals surface area contributed by atoms with Crippen LogP contribution in [0.15, 0.2) is 54.7 Å². The first kappa shape index (κ1) is 19.1. The molecule has 2 amide bonds. The molecule has 2 heterocycles. The van der Waals surface area contributed by atoms with Crippen molar-refractivity contribution < 1.29 is 19.2 Å². The monoisotopic (exact) mass is 407 g/mol. The first-order chi connectivity index (χ1) is 14.5. The fraction of sp³-hybridized carbons (Fsp3) is 0.150. The average Bonchev–Trinajstić information content (AvgIpc) is 3.27. The van der Waals surface area contributed by atoms with Crippen molar-refractivity contribution in [3.05, 3.63) is 64.8 Å². The van der Waals surface area contributed by atoms with Crippen LogP contribution in [0.25, 0.3) is 11.1 Å². The quantitative estimate of drug-likeness (QED) is 0.477. The van der Waals surface area contributed by atoms with Crippen LogP contribution in [0.1, 0.15) is 12.5 Å². The van der Waals surface area contributed by atoms with E-state index in [0.717, 1.165) is 5.56 Å². The Balaban J connectivity index is 1.55. The van der Waals surface area contributed by atoms with E-state index in [-0.39, 0.29) is 23.7 Å². The van der Waals surface area contributed by atoms with Crippen molar-refractivity contribution in [2.75, 3.05) is 17.7 Å². The Kier molecular flexibility index (Phi) is 4.88. The maximum atomic E-state index is 12.5. The van der Waals surface area contributed by atoms with Crippen molar-refractivity contribution >= 4 is 29.0 Å². The van der Waals surface area contributed by atoms with Gasteiger partial charge in [-0.3, -0.25) is 19.7 Å². The van der Waals surface area contributed by atoms with Gasteiger partial charge in [0.1, 0.15) is 23.3 Å². The molecule has 3 aromatic rings. The van der Waals surface area contributed by atoms with Crippen LogP contribution < -0.4 is 15.4 Å². The second-order valence-electron chi connectivity index (χ2n) is 6.61. The normalized spacial score (nSPS) is 14.7. The zero-order valence-corrected chi connectivity index (χ0v) is 15.9. The summed E-state index contributed by atoms with van der Waals surface area (Å²) in [6, 6.07) is 12.3. The van der Waals surface area contributed by atoms with E-state index in [1.165, 1.54) is 22.9 Å². The maximum Gasteiger partial charge on any atom is 0.292 e. The number of ether oxygens (including phenoxy) is 1. The molecule has 0 saturated carbocycles. The van der Waals surface area contributed by atoms with E-state index in [2.05, 4.69) is 15.7 Å². The van der Waals surface area contributed by atoms with Crippen LogP contribution in [0.5, 0.6) is 5.75 Å². The van der Waals surface area contributed by atoms with E-state index >= 15 is 0 Å². The van der Waals surface area contributed by atoms with Crippen molar-refractivity contribution in [3.8, 4) is 16.9 Å². The summed E-state index contributed by atoms with van der Waals surface area (Å²) in [5, 5.41) is 20.7. The summed E-state index contributed by atoms with van der Waals surface area (Å²) in [5.74, 6) is 0.240. The molecule has 1 aromatic heterocycles. The van der Waals surface area contributed by atoms with Gasteiger partial charge in [0.2, 0.25) is 5.91 Å². The molecule has 0 bridgehead atoms. The molecule has 2 aromatic carbocycles. The highest BCUT2D eigenvalue weighted by Crippen LogP contribution is 2.37. The van der Waals surface area contributed by atoms with Gasteiger partial charge in [-0.15, -0.1) is 0 Å². The number of nitro benzene ring substituents is 1. The second-order valence-corrected chi connectivity index (χ2v) is 6.61. The SMILES string of the molecule is COc1cccc(-c2cnn3c2NC(=O)C3CC(=O)Nc2ccccc2[N+](=O)[O-])c1. The molecular formula is C20H17N5O5. The van der Waals surface area contributed by atoms with Crippen LogP contribution in [-0.4, -0.2) is 33.6 Å². The Morgan fingerprint density at radius 3 is 2.87 bits per heavy atom. The molecule has 0 aliphatic carbocycles. The summed E-state index contributed by atoms with van der Waals surface area (Å²) >= 11 is 0. The maximum absolute atomic E-state index is 12.5. The number of benzene rings is 2. The summed E-state index contributed by atoms with van der Waals surface area (Å²) < 4.78 is 6.69. The summed E-state index contributed by atoms with van der Waals surface area (Å²) in [6.45, 7) is 0. The Labute approximate surface area is 170 Å². The van der Waals surface area contributed by atoms with E-state index in [1.54, 1.807) is 19.4 Å². The highest BCUT2D eigenvalue weighted by molar-refractivity contribution is 6.04. The first-order valence-corrected chi connectivity index (χ1v) is 9.04. The third kappa shape index (κ3) is 3.46. The lowest BCUT2D eigenvalue weighted by Crippen LogP contribution is -2.23. The van der Waals surface area contributed by atoms with Crippen molar-refractivity contribution in [1.82, 2.24) is 9.78 Å². The lowest BCUT2D eigenvalue weighted by atomic mass is 10.1. The summed E-state index contributed by atoms with van der Waals surface area (Å²) in [4.78, 5) is 35.5. The fourth-order valence-corrected chi connectivity index (χ4v) is 3.33. The van der Waals surface area contributed by atoms with Gasteiger partial charge in [0.25, 0.3) is 11.6 Å². The number of para-hydroxylation sites is 2. The number of hydrogen-bond acceptors (Lipinski definition) is 6. The smallest absolute Gasteiger partial charge is 0.292 e. The van der Waals surface area contributed by atoms with Crippen molar-refractivity contribution in [3.63, 3.8) is 0 Å². The van der Waals surface area contributed by atoms with E-state index < -0.39 is 16.9 Å². The van der Waals surface area contributed by atoms with Crippen LogP contribution in [-0.2, 0) is 9.59 Å². The van der Waals surface area contributed by atoms with Gasteiger partial charge in [-0.1, -0.05) is 24.3 Å². The molecule has 4 rings (SSSR count). The van der Waals surface area contributed by atoms with Crippen molar-refractivity contribution in [1.29, 1.82) is 0 Å². The molecule has 2 N–H and O–H groups in total. The molecule has 30 heavy (non-hydrogen) atoms. The third-order valence-corrected chi connectivity index (χ3v) is 4.77. The van der Waals surface area contributed by atoms with Crippen LogP contribution in [0, 0.1) is 10.1 Å². The molecule has 1 atom stereocenters. The number of fused-ring (bicyclic) bond motifs is 1. The first-order valence-electron chi connectivity index (χ1n) is 9.04. The molecule has 10 heteroatoms. The van der Waals surface area contributed by atoms with Crippen LogP contribution >= 0.6 is 0 Å². The number of anilines is 2. The molecule has 1 unspecified atom stereocenters. The van der Waals surface area contributed by atoms with Crippen molar-refractivity contribution in [2.24, 2.45) is 0 Å². The Bertz CT molecular complexity index is 1160. The van der Waals surface area contributed by atoms with Gasteiger partial charge in [0.05, 0.1) is 24.7 Å². The van der Waals surface area contributed by atoms with Gasteiger partial charge < -0.3 is 15.4 Å². The Morgan fingerprint density at radius 2 is 2.10 bits per heavy atom. The predicted molar refractivity (Wildman–Crippen MR) is 108 cm³/mol. The molecule has 1 aliphatic heterocycles. The average molecular weight is 407 g/mol. The number of methoxy groups -OCH3 is 1.